The molecule has 0 saturated heterocycles. The number of hydrogen-bond donors (Lipinski definition) is 3. The molecule has 40 heavy (non-hydrogen) atoms. The molecular formula is C27H29F3N8O2. The van der Waals surface area contributed by atoms with Crippen LogP contribution in [0.1, 0.15) is 27.9 Å². The fraction of sp³-hybridized carbons (Fsp3) is 0.296. The third-order valence-electron chi connectivity index (χ3n) is 6.14. The number of rotatable bonds is 10. The first kappa shape index (κ1) is 28.5. The predicted molar refractivity (Wildman–Crippen MR) is 147 cm³/mol. The highest BCUT2D eigenvalue weighted by atomic mass is 19.4. The quantitative estimate of drug-likeness (QED) is 0.238. The normalized spacial score (nSPS) is 11.4. The summed E-state index contributed by atoms with van der Waals surface area (Å²) in [6.07, 6.45) is -0.732. The van der Waals surface area contributed by atoms with Crippen molar-refractivity contribution in [3.63, 3.8) is 0 Å². The van der Waals surface area contributed by atoms with Crippen LogP contribution >= 0.6 is 0 Å². The van der Waals surface area contributed by atoms with E-state index in [9.17, 15) is 18.0 Å². The van der Waals surface area contributed by atoms with Gasteiger partial charge in [0.2, 0.25) is 5.95 Å². The summed E-state index contributed by atoms with van der Waals surface area (Å²) in [5.74, 6) is -0.0982. The van der Waals surface area contributed by atoms with Crippen LogP contribution in [0, 0.1) is 6.92 Å². The Bertz CT molecular complexity index is 1510. The molecule has 0 atom stereocenters. The second-order valence-corrected chi connectivity index (χ2v) is 9.03. The Balaban J connectivity index is 1.58. The van der Waals surface area contributed by atoms with Crippen molar-refractivity contribution in [3.8, 4) is 5.75 Å². The lowest BCUT2D eigenvalue weighted by Crippen LogP contribution is -2.24. The Morgan fingerprint density at radius 3 is 2.62 bits per heavy atom. The standard InChI is InChI=1S/C27H29F3N8O2/c1-16-6-8-18(35-25(39)17-7-9-22(40-4)19(12-17)27(28,29)30)13-20(16)36-24-23-21(33-15-34-24)14-32-26(37-23)38(3)11-5-10-31-2/h6-9,12-15,31H,5,10-11H2,1-4H3,(H,35,39)(H,33,34,36). The number of benzene rings is 2. The third-order valence-corrected chi connectivity index (χ3v) is 6.14. The Hall–Kier alpha value is -4.52. The van der Waals surface area contributed by atoms with Crippen molar-refractivity contribution in [1.29, 1.82) is 0 Å². The minimum atomic E-state index is -4.67. The van der Waals surface area contributed by atoms with E-state index in [-0.39, 0.29) is 11.3 Å². The number of ether oxygens (including phenoxy) is 1. The van der Waals surface area contributed by atoms with Crippen LogP contribution in [-0.2, 0) is 6.18 Å². The molecule has 0 aliphatic rings. The molecule has 2 aromatic heterocycles. The number of carbonyl (C=O) groups is 1. The number of nitrogens with zero attached hydrogens (tertiary/aromatic N) is 5. The van der Waals surface area contributed by atoms with Gasteiger partial charge in [0.05, 0.1) is 18.9 Å². The number of hydrogen-bond acceptors (Lipinski definition) is 9. The highest BCUT2D eigenvalue weighted by Gasteiger charge is 2.35. The molecule has 0 aliphatic carbocycles. The molecule has 13 heteroatoms. The minimum absolute atomic E-state index is 0.159. The van der Waals surface area contributed by atoms with Crippen LogP contribution in [0.15, 0.2) is 48.9 Å². The number of aryl methyl sites for hydroxylation is 1. The van der Waals surface area contributed by atoms with Gasteiger partial charge in [-0.1, -0.05) is 6.07 Å². The molecule has 3 N–H and O–H groups in total. The van der Waals surface area contributed by atoms with E-state index in [0.717, 1.165) is 44.3 Å². The molecular weight excluding hydrogens is 525 g/mol. The van der Waals surface area contributed by atoms with E-state index >= 15 is 0 Å². The van der Waals surface area contributed by atoms with Crippen LogP contribution in [0.3, 0.4) is 0 Å². The maximum atomic E-state index is 13.4. The van der Waals surface area contributed by atoms with Crippen molar-refractivity contribution < 1.29 is 22.7 Å². The van der Waals surface area contributed by atoms with Gasteiger partial charge in [-0.25, -0.2) is 19.9 Å². The van der Waals surface area contributed by atoms with E-state index in [2.05, 4.69) is 35.9 Å². The maximum Gasteiger partial charge on any atom is 0.419 e. The average Bonchev–Trinajstić information content (AvgIpc) is 2.94. The van der Waals surface area contributed by atoms with Crippen LogP contribution in [0.25, 0.3) is 11.0 Å². The largest absolute Gasteiger partial charge is 0.496 e. The monoisotopic (exact) mass is 554 g/mol. The Kier molecular flexibility index (Phi) is 8.63. The Morgan fingerprint density at radius 1 is 1.10 bits per heavy atom. The number of alkyl halides is 3. The van der Waals surface area contributed by atoms with E-state index in [0.29, 0.717) is 34.2 Å². The zero-order valence-electron chi connectivity index (χ0n) is 22.4. The summed E-state index contributed by atoms with van der Waals surface area (Å²) in [4.78, 5) is 32.5. The molecule has 210 valence electrons. The Labute approximate surface area is 229 Å². The molecule has 10 nitrogen and oxygen atoms in total. The van der Waals surface area contributed by atoms with Gasteiger partial charge < -0.3 is 25.6 Å². The summed E-state index contributed by atoms with van der Waals surface area (Å²) >= 11 is 0. The summed E-state index contributed by atoms with van der Waals surface area (Å²) in [5, 5.41) is 9.01. The van der Waals surface area contributed by atoms with Crippen molar-refractivity contribution >= 4 is 40.1 Å². The van der Waals surface area contributed by atoms with E-state index in [4.69, 9.17) is 4.74 Å². The lowest BCUT2D eigenvalue weighted by atomic mass is 10.1. The summed E-state index contributed by atoms with van der Waals surface area (Å²) in [7, 11) is 4.94. The van der Waals surface area contributed by atoms with Gasteiger partial charge in [-0.05, 0) is 62.8 Å². The fourth-order valence-corrected chi connectivity index (χ4v) is 3.95. The van der Waals surface area contributed by atoms with Gasteiger partial charge in [-0.3, -0.25) is 4.79 Å². The highest BCUT2D eigenvalue weighted by Crippen LogP contribution is 2.37. The van der Waals surface area contributed by atoms with Crippen molar-refractivity contribution in [3.05, 3.63) is 65.6 Å². The van der Waals surface area contributed by atoms with Crippen molar-refractivity contribution in [2.24, 2.45) is 0 Å². The fourth-order valence-electron chi connectivity index (χ4n) is 3.95. The lowest BCUT2D eigenvalue weighted by Gasteiger charge is -2.18. The zero-order chi connectivity index (χ0) is 28.9. The molecule has 2 heterocycles. The first-order valence-electron chi connectivity index (χ1n) is 12.4. The van der Waals surface area contributed by atoms with Gasteiger partial charge in [0.25, 0.3) is 5.91 Å². The molecule has 0 radical (unpaired) electrons. The molecule has 0 spiro atoms. The van der Waals surface area contributed by atoms with Crippen LogP contribution in [0.4, 0.5) is 36.3 Å². The second kappa shape index (κ2) is 12.1. The number of anilines is 4. The Morgan fingerprint density at radius 2 is 1.90 bits per heavy atom. The second-order valence-electron chi connectivity index (χ2n) is 9.03. The van der Waals surface area contributed by atoms with Crippen LogP contribution in [-0.4, -0.2) is 60.1 Å². The molecule has 1 amide bonds. The molecule has 0 fully saturated rings. The molecule has 0 aliphatic heterocycles. The lowest BCUT2D eigenvalue weighted by molar-refractivity contribution is -0.138. The highest BCUT2D eigenvalue weighted by molar-refractivity contribution is 6.05. The first-order chi connectivity index (χ1) is 19.1. The van der Waals surface area contributed by atoms with Crippen molar-refractivity contribution in [1.82, 2.24) is 25.3 Å². The third kappa shape index (κ3) is 6.54. The summed E-state index contributed by atoms with van der Waals surface area (Å²) in [6.45, 7) is 3.48. The molecule has 0 bridgehead atoms. The number of methoxy groups -OCH3 is 1. The van der Waals surface area contributed by atoms with E-state index in [1.807, 2.05) is 25.9 Å². The number of carbonyl (C=O) groups excluding carboxylic acids is 1. The smallest absolute Gasteiger partial charge is 0.419 e. The molecule has 4 rings (SSSR count). The average molecular weight is 555 g/mol. The van der Waals surface area contributed by atoms with E-state index < -0.39 is 17.6 Å². The number of amides is 1. The zero-order valence-corrected chi connectivity index (χ0v) is 22.4. The van der Waals surface area contributed by atoms with Gasteiger partial charge >= 0.3 is 6.18 Å². The SMILES string of the molecule is CNCCCN(C)c1ncc2ncnc(Nc3cc(NC(=O)c4ccc(OC)c(C(F)(F)F)c4)ccc3C)c2n1. The van der Waals surface area contributed by atoms with Crippen LogP contribution in [0.2, 0.25) is 0 Å². The number of nitrogens with one attached hydrogen (secondary N) is 3. The van der Waals surface area contributed by atoms with Crippen molar-refractivity contribution in [2.75, 3.05) is 49.8 Å². The van der Waals surface area contributed by atoms with Gasteiger partial charge in [-0.2, -0.15) is 13.2 Å². The molecule has 0 saturated carbocycles. The molecule has 2 aromatic carbocycles. The maximum absolute atomic E-state index is 13.4. The van der Waals surface area contributed by atoms with Gasteiger partial charge in [0.1, 0.15) is 23.1 Å². The van der Waals surface area contributed by atoms with Gasteiger partial charge in [0, 0.05) is 30.5 Å². The summed E-state index contributed by atoms with van der Waals surface area (Å²) in [5.41, 5.74) is 1.71. The predicted octanol–water partition coefficient (Wildman–Crippen LogP) is 4.80. The summed E-state index contributed by atoms with van der Waals surface area (Å²) < 4.78 is 45.0. The summed E-state index contributed by atoms with van der Waals surface area (Å²) in [6, 6.07) is 8.26. The minimum Gasteiger partial charge on any atom is -0.496 e. The van der Waals surface area contributed by atoms with Gasteiger partial charge in [-0.15, -0.1) is 0 Å². The molecule has 0 unspecified atom stereocenters. The molecule has 4 aromatic rings. The number of halogens is 3. The van der Waals surface area contributed by atoms with Crippen molar-refractivity contribution in [2.45, 2.75) is 19.5 Å². The topological polar surface area (TPSA) is 117 Å². The van der Waals surface area contributed by atoms with Crippen LogP contribution < -0.4 is 25.6 Å². The van der Waals surface area contributed by atoms with E-state index in [1.54, 1.807) is 24.4 Å². The number of fused-ring (bicyclic) bond motifs is 1. The van der Waals surface area contributed by atoms with E-state index in [1.165, 1.54) is 12.4 Å². The first-order valence-corrected chi connectivity index (χ1v) is 12.4. The van der Waals surface area contributed by atoms with Gasteiger partial charge in [0.15, 0.2) is 5.82 Å². The van der Waals surface area contributed by atoms with Crippen LogP contribution in [0.5, 0.6) is 5.75 Å². The number of aromatic nitrogens is 4.